The fourth-order valence-corrected chi connectivity index (χ4v) is 2.72. The Morgan fingerprint density at radius 1 is 1.43 bits per heavy atom. The summed E-state index contributed by atoms with van der Waals surface area (Å²) in [6, 6.07) is 3.92. The first-order valence-electron chi connectivity index (χ1n) is 7.83. The lowest BCUT2D eigenvalue weighted by Crippen LogP contribution is -2.46. The fourth-order valence-electron chi connectivity index (χ4n) is 2.72. The molecule has 0 unspecified atom stereocenters. The quantitative estimate of drug-likeness (QED) is 0.438. The molecule has 2 rings (SSSR count). The molecule has 1 fully saturated rings. The summed E-state index contributed by atoms with van der Waals surface area (Å²) in [5, 5.41) is 3.39. The number of methoxy groups -OCH3 is 1. The molecule has 0 radical (unpaired) electrons. The van der Waals surface area contributed by atoms with Crippen molar-refractivity contribution in [3.63, 3.8) is 0 Å². The molecular formula is C16H27IN4O2. The Bertz CT molecular complexity index is 491. The van der Waals surface area contributed by atoms with Crippen LogP contribution >= 0.6 is 24.0 Å². The molecule has 1 N–H and O–H groups in total. The largest absolute Gasteiger partial charge is 0.481 e. The molecule has 7 heteroatoms. The predicted molar refractivity (Wildman–Crippen MR) is 103 cm³/mol. The van der Waals surface area contributed by atoms with Crippen molar-refractivity contribution in [3.05, 3.63) is 23.9 Å². The summed E-state index contributed by atoms with van der Waals surface area (Å²) < 4.78 is 11.0. The number of aromatic nitrogens is 1. The van der Waals surface area contributed by atoms with Crippen LogP contribution in [0.4, 0.5) is 0 Å². The van der Waals surface area contributed by atoms with Crippen LogP contribution in [-0.2, 0) is 11.3 Å². The topological polar surface area (TPSA) is 59.0 Å². The zero-order valence-corrected chi connectivity index (χ0v) is 16.4. The number of pyridine rings is 1. The van der Waals surface area contributed by atoms with Crippen LogP contribution in [0, 0.1) is 0 Å². The van der Waals surface area contributed by atoms with E-state index in [0.29, 0.717) is 18.5 Å². The third-order valence-corrected chi connectivity index (χ3v) is 3.84. The highest BCUT2D eigenvalue weighted by Crippen LogP contribution is 2.15. The number of likely N-dealkylation sites (tertiary alicyclic amines) is 1. The van der Waals surface area contributed by atoms with Gasteiger partial charge in [0, 0.05) is 45.0 Å². The Balaban J connectivity index is 0.00000264. The number of piperidine rings is 1. The van der Waals surface area contributed by atoms with E-state index in [-0.39, 0.29) is 24.0 Å². The van der Waals surface area contributed by atoms with Crippen molar-refractivity contribution in [2.75, 3.05) is 33.9 Å². The van der Waals surface area contributed by atoms with Gasteiger partial charge < -0.3 is 19.7 Å². The lowest BCUT2D eigenvalue weighted by atomic mass is 10.1. The van der Waals surface area contributed by atoms with Gasteiger partial charge in [-0.05, 0) is 25.8 Å². The average molecular weight is 434 g/mol. The molecule has 0 aliphatic carbocycles. The summed E-state index contributed by atoms with van der Waals surface area (Å²) in [7, 11) is 3.45. The Morgan fingerprint density at radius 3 is 2.78 bits per heavy atom. The van der Waals surface area contributed by atoms with Gasteiger partial charge in [0.2, 0.25) is 5.88 Å². The van der Waals surface area contributed by atoms with Crippen LogP contribution in [0.2, 0.25) is 0 Å². The van der Waals surface area contributed by atoms with Crippen molar-refractivity contribution in [1.82, 2.24) is 15.2 Å². The van der Waals surface area contributed by atoms with Gasteiger partial charge >= 0.3 is 0 Å². The van der Waals surface area contributed by atoms with E-state index < -0.39 is 0 Å². The molecule has 1 aliphatic rings. The van der Waals surface area contributed by atoms with Crippen LogP contribution in [-0.4, -0.2) is 55.8 Å². The Kier molecular flexibility index (Phi) is 9.23. The summed E-state index contributed by atoms with van der Waals surface area (Å²) in [5.41, 5.74) is 1.02. The van der Waals surface area contributed by atoms with Gasteiger partial charge in [0.25, 0.3) is 0 Å². The Morgan fingerprint density at radius 2 is 2.17 bits per heavy atom. The van der Waals surface area contributed by atoms with Crippen molar-refractivity contribution >= 4 is 29.9 Å². The lowest BCUT2D eigenvalue weighted by molar-refractivity contribution is 0.0263. The molecule has 0 atom stereocenters. The van der Waals surface area contributed by atoms with Gasteiger partial charge in [-0.1, -0.05) is 6.07 Å². The highest BCUT2D eigenvalue weighted by Gasteiger charge is 2.21. The van der Waals surface area contributed by atoms with Crippen LogP contribution in [0.5, 0.6) is 5.88 Å². The third kappa shape index (κ3) is 5.80. The van der Waals surface area contributed by atoms with Gasteiger partial charge in [-0.15, -0.1) is 24.0 Å². The first kappa shape index (κ1) is 20.0. The van der Waals surface area contributed by atoms with Crippen molar-refractivity contribution in [3.8, 4) is 5.88 Å². The van der Waals surface area contributed by atoms with E-state index in [4.69, 9.17) is 9.47 Å². The summed E-state index contributed by atoms with van der Waals surface area (Å²) in [6.07, 6.45) is 4.21. The first-order valence-corrected chi connectivity index (χ1v) is 7.83. The number of hydrogen-bond donors (Lipinski definition) is 1. The Labute approximate surface area is 155 Å². The second-order valence-corrected chi connectivity index (χ2v) is 5.21. The van der Waals surface area contributed by atoms with Crippen LogP contribution in [0.25, 0.3) is 0 Å². The molecule has 0 spiro atoms. The number of nitrogens with zero attached hydrogens (tertiary/aromatic N) is 3. The number of hydrogen-bond acceptors (Lipinski definition) is 4. The zero-order chi connectivity index (χ0) is 15.8. The molecule has 2 heterocycles. The number of ether oxygens (including phenoxy) is 2. The van der Waals surface area contributed by atoms with Gasteiger partial charge in [-0.25, -0.2) is 4.98 Å². The van der Waals surface area contributed by atoms with E-state index >= 15 is 0 Å². The second kappa shape index (κ2) is 10.6. The second-order valence-electron chi connectivity index (χ2n) is 5.21. The minimum Gasteiger partial charge on any atom is -0.481 e. The van der Waals surface area contributed by atoms with Crippen molar-refractivity contribution < 1.29 is 9.47 Å². The van der Waals surface area contributed by atoms with E-state index in [1.807, 2.05) is 26.1 Å². The maximum Gasteiger partial charge on any atom is 0.218 e. The van der Waals surface area contributed by atoms with E-state index in [9.17, 15) is 0 Å². The fraction of sp³-hybridized carbons (Fsp3) is 0.625. The summed E-state index contributed by atoms with van der Waals surface area (Å²) in [6.45, 7) is 5.42. The van der Waals surface area contributed by atoms with Crippen LogP contribution in [0.15, 0.2) is 23.3 Å². The van der Waals surface area contributed by atoms with Crippen LogP contribution in [0.1, 0.15) is 25.3 Å². The van der Waals surface area contributed by atoms with Gasteiger partial charge in [0.05, 0.1) is 13.2 Å². The normalized spacial score (nSPS) is 16.0. The number of halogens is 1. The van der Waals surface area contributed by atoms with Gasteiger partial charge in [0.1, 0.15) is 0 Å². The van der Waals surface area contributed by atoms with E-state index in [0.717, 1.165) is 44.1 Å². The van der Waals surface area contributed by atoms with Gasteiger partial charge in [0.15, 0.2) is 5.96 Å². The molecule has 6 nitrogen and oxygen atoms in total. The van der Waals surface area contributed by atoms with Crippen molar-refractivity contribution in [2.45, 2.75) is 32.4 Å². The van der Waals surface area contributed by atoms with Crippen molar-refractivity contribution in [2.24, 2.45) is 4.99 Å². The molecule has 1 aromatic heterocycles. The minimum absolute atomic E-state index is 0. The first-order chi connectivity index (χ1) is 10.8. The molecule has 1 saturated heterocycles. The number of guanidine groups is 1. The van der Waals surface area contributed by atoms with E-state index in [1.165, 1.54) is 0 Å². The molecule has 1 aromatic rings. The smallest absolute Gasteiger partial charge is 0.218 e. The van der Waals surface area contributed by atoms with Gasteiger partial charge in [-0.2, -0.15) is 0 Å². The number of rotatable bonds is 5. The number of nitrogens with one attached hydrogen (secondary N) is 1. The number of aliphatic imine (C=N–C) groups is 1. The summed E-state index contributed by atoms with van der Waals surface area (Å²) in [4.78, 5) is 10.9. The lowest BCUT2D eigenvalue weighted by Gasteiger charge is -2.34. The molecule has 0 bridgehead atoms. The van der Waals surface area contributed by atoms with E-state index in [2.05, 4.69) is 20.2 Å². The van der Waals surface area contributed by atoms with Crippen LogP contribution < -0.4 is 10.1 Å². The van der Waals surface area contributed by atoms with Crippen LogP contribution in [0.3, 0.4) is 0 Å². The Hall–Kier alpha value is -1.09. The monoisotopic (exact) mass is 434 g/mol. The standard InChI is InChI=1S/C16H26N4O2.HI/c1-4-22-14-7-10-20(11-8-14)16(17-2)19-12-13-6-5-9-18-15(13)21-3;/h5-6,9,14H,4,7-8,10-12H2,1-3H3,(H,17,19);1H. The van der Waals surface area contributed by atoms with Gasteiger partial charge in [-0.3, -0.25) is 4.99 Å². The zero-order valence-electron chi connectivity index (χ0n) is 14.1. The van der Waals surface area contributed by atoms with E-state index in [1.54, 1.807) is 13.3 Å². The molecule has 130 valence electrons. The maximum atomic E-state index is 5.69. The highest BCUT2D eigenvalue weighted by atomic mass is 127. The van der Waals surface area contributed by atoms with Crippen molar-refractivity contribution in [1.29, 1.82) is 0 Å². The average Bonchev–Trinajstić information content (AvgIpc) is 2.57. The molecule has 0 amide bonds. The SMILES string of the molecule is CCOC1CCN(C(=NC)NCc2cccnc2OC)CC1.I. The molecule has 1 aliphatic heterocycles. The summed E-state index contributed by atoms with van der Waals surface area (Å²) >= 11 is 0. The predicted octanol–water partition coefficient (Wildman–Crippen LogP) is 2.28. The molecule has 0 saturated carbocycles. The molecular weight excluding hydrogens is 407 g/mol. The molecule has 23 heavy (non-hydrogen) atoms. The summed E-state index contributed by atoms with van der Waals surface area (Å²) in [5.74, 6) is 1.57. The highest BCUT2D eigenvalue weighted by molar-refractivity contribution is 14.0. The maximum absolute atomic E-state index is 5.69. The minimum atomic E-state index is 0. The third-order valence-electron chi connectivity index (χ3n) is 3.84. The molecule has 0 aromatic carbocycles.